The summed E-state index contributed by atoms with van der Waals surface area (Å²) in [4.78, 5) is 2.50. The number of piperidine rings is 1. The zero-order chi connectivity index (χ0) is 12.1. The van der Waals surface area contributed by atoms with E-state index in [0.717, 1.165) is 25.9 Å². The Labute approximate surface area is 106 Å². The Morgan fingerprint density at radius 2 is 2.00 bits per heavy atom. The summed E-state index contributed by atoms with van der Waals surface area (Å²) in [6.45, 7) is 4.40. The molecule has 0 amide bonds. The highest BCUT2D eigenvalue weighted by Gasteiger charge is 2.34. The average molecular weight is 240 g/mol. The lowest BCUT2D eigenvalue weighted by atomic mass is 9.73. The van der Waals surface area contributed by atoms with E-state index in [2.05, 4.69) is 17.3 Å². The van der Waals surface area contributed by atoms with Crippen LogP contribution in [0.25, 0.3) is 0 Å². The molecule has 0 aromatic rings. The number of hydrogen-bond donors (Lipinski definition) is 2. The molecule has 1 atom stereocenters. The van der Waals surface area contributed by atoms with E-state index in [-0.39, 0.29) is 6.10 Å². The maximum absolute atomic E-state index is 9.77. The Morgan fingerprint density at radius 1 is 1.24 bits per heavy atom. The van der Waals surface area contributed by atoms with Gasteiger partial charge in [0, 0.05) is 19.6 Å². The van der Waals surface area contributed by atoms with Gasteiger partial charge in [-0.1, -0.05) is 19.3 Å². The van der Waals surface area contributed by atoms with E-state index in [4.69, 9.17) is 0 Å². The molecule has 100 valence electrons. The standard InChI is InChI=1S/C14H28N2O/c1-15-11-14(7-3-2-4-8-14)12-16-9-5-6-13(17)10-16/h13,15,17H,2-12H2,1H3. The zero-order valence-electron chi connectivity index (χ0n) is 11.2. The lowest BCUT2D eigenvalue weighted by molar-refractivity contribution is 0.0314. The van der Waals surface area contributed by atoms with Crippen LogP contribution < -0.4 is 5.32 Å². The third-order valence-corrected chi connectivity index (χ3v) is 4.51. The summed E-state index contributed by atoms with van der Waals surface area (Å²) in [7, 11) is 2.07. The molecule has 0 aromatic carbocycles. The average Bonchev–Trinajstić information content (AvgIpc) is 2.30. The minimum absolute atomic E-state index is 0.0843. The highest BCUT2D eigenvalue weighted by molar-refractivity contribution is 4.89. The molecule has 3 heteroatoms. The van der Waals surface area contributed by atoms with Crippen molar-refractivity contribution in [3.05, 3.63) is 0 Å². The van der Waals surface area contributed by atoms with E-state index in [1.54, 1.807) is 0 Å². The molecule has 1 saturated carbocycles. The number of hydrogen-bond acceptors (Lipinski definition) is 3. The number of β-amino-alcohol motifs (C(OH)–C–C–N with tert-alkyl or cyclic N) is 1. The summed E-state index contributed by atoms with van der Waals surface area (Å²) in [5.74, 6) is 0. The molecule has 1 saturated heterocycles. The van der Waals surface area contributed by atoms with E-state index in [1.165, 1.54) is 45.2 Å². The summed E-state index contributed by atoms with van der Waals surface area (Å²) in [6.07, 6.45) is 8.98. The predicted octanol–water partition coefficient (Wildman–Crippen LogP) is 1.61. The fraction of sp³-hybridized carbons (Fsp3) is 1.00. The highest BCUT2D eigenvalue weighted by atomic mass is 16.3. The van der Waals surface area contributed by atoms with Gasteiger partial charge in [-0.3, -0.25) is 0 Å². The van der Waals surface area contributed by atoms with E-state index in [1.807, 2.05) is 0 Å². The maximum atomic E-state index is 9.77. The molecular weight excluding hydrogens is 212 g/mol. The summed E-state index contributed by atoms with van der Waals surface area (Å²) < 4.78 is 0. The van der Waals surface area contributed by atoms with Gasteiger partial charge >= 0.3 is 0 Å². The molecule has 2 aliphatic rings. The van der Waals surface area contributed by atoms with Crippen LogP contribution >= 0.6 is 0 Å². The fourth-order valence-corrected chi connectivity index (χ4v) is 3.72. The van der Waals surface area contributed by atoms with Crippen LogP contribution in [0.5, 0.6) is 0 Å². The van der Waals surface area contributed by atoms with Crippen LogP contribution in [0.1, 0.15) is 44.9 Å². The van der Waals surface area contributed by atoms with Crippen LogP contribution in [0.4, 0.5) is 0 Å². The predicted molar refractivity (Wildman–Crippen MR) is 71.1 cm³/mol. The van der Waals surface area contributed by atoms with Crippen molar-refractivity contribution in [1.29, 1.82) is 0 Å². The fourth-order valence-electron chi connectivity index (χ4n) is 3.72. The minimum atomic E-state index is -0.0843. The van der Waals surface area contributed by atoms with Crippen molar-refractivity contribution in [1.82, 2.24) is 10.2 Å². The van der Waals surface area contributed by atoms with Gasteiger partial charge in [-0.2, -0.15) is 0 Å². The van der Waals surface area contributed by atoms with Crippen molar-refractivity contribution in [3.63, 3.8) is 0 Å². The zero-order valence-corrected chi connectivity index (χ0v) is 11.2. The third-order valence-electron chi connectivity index (χ3n) is 4.51. The summed E-state index contributed by atoms with van der Waals surface area (Å²) in [5.41, 5.74) is 0.476. The van der Waals surface area contributed by atoms with Crippen LogP contribution in [0.3, 0.4) is 0 Å². The van der Waals surface area contributed by atoms with Crippen molar-refractivity contribution < 1.29 is 5.11 Å². The van der Waals surface area contributed by atoms with Gasteiger partial charge in [0.25, 0.3) is 0 Å². The number of nitrogens with zero attached hydrogens (tertiary/aromatic N) is 1. The van der Waals surface area contributed by atoms with Gasteiger partial charge in [0.2, 0.25) is 0 Å². The van der Waals surface area contributed by atoms with E-state index in [9.17, 15) is 5.11 Å². The van der Waals surface area contributed by atoms with Gasteiger partial charge in [-0.25, -0.2) is 0 Å². The molecular formula is C14H28N2O. The van der Waals surface area contributed by atoms with Crippen molar-refractivity contribution >= 4 is 0 Å². The van der Waals surface area contributed by atoms with Crippen LogP contribution in [0.2, 0.25) is 0 Å². The van der Waals surface area contributed by atoms with Gasteiger partial charge in [-0.05, 0) is 44.7 Å². The molecule has 3 nitrogen and oxygen atoms in total. The molecule has 0 aromatic heterocycles. The Morgan fingerprint density at radius 3 is 2.65 bits per heavy atom. The first-order valence-electron chi connectivity index (χ1n) is 7.29. The topological polar surface area (TPSA) is 35.5 Å². The van der Waals surface area contributed by atoms with Gasteiger partial charge in [-0.15, -0.1) is 0 Å². The van der Waals surface area contributed by atoms with Crippen LogP contribution in [-0.4, -0.2) is 49.3 Å². The smallest absolute Gasteiger partial charge is 0.0667 e. The second-order valence-corrected chi connectivity index (χ2v) is 6.12. The number of aliphatic hydroxyl groups is 1. The van der Waals surface area contributed by atoms with Crippen molar-refractivity contribution in [3.8, 4) is 0 Å². The van der Waals surface area contributed by atoms with Crippen molar-refractivity contribution in [2.24, 2.45) is 5.41 Å². The molecule has 2 fully saturated rings. The van der Waals surface area contributed by atoms with E-state index >= 15 is 0 Å². The number of nitrogens with one attached hydrogen (secondary N) is 1. The molecule has 1 aliphatic carbocycles. The van der Waals surface area contributed by atoms with Crippen LogP contribution in [0.15, 0.2) is 0 Å². The number of rotatable bonds is 4. The van der Waals surface area contributed by atoms with Crippen molar-refractivity contribution in [2.75, 3.05) is 33.2 Å². The normalized spacial score (nSPS) is 30.4. The second kappa shape index (κ2) is 6.17. The molecule has 0 radical (unpaired) electrons. The first-order chi connectivity index (χ1) is 8.24. The van der Waals surface area contributed by atoms with Gasteiger partial charge in [0.15, 0.2) is 0 Å². The Bertz CT molecular complexity index is 221. The first-order valence-corrected chi connectivity index (χ1v) is 7.29. The van der Waals surface area contributed by atoms with Gasteiger partial charge in [0.1, 0.15) is 0 Å². The third kappa shape index (κ3) is 3.67. The quantitative estimate of drug-likeness (QED) is 0.784. The second-order valence-electron chi connectivity index (χ2n) is 6.12. The Hall–Kier alpha value is -0.120. The SMILES string of the molecule is CNCC1(CN2CCCC(O)C2)CCCCC1. The first kappa shape index (κ1) is 13.3. The molecule has 0 spiro atoms. The summed E-state index contributed by atoms with van der Waals surface area (Å²) >= 11 is 0. The lowest BCUT2D eigenvalue weighted by Gasteiger charge is -2.43. The molecule has 2 rings (SSSR count). The lowest BCUT2D eigenvalue weighted by Crippen LogP contribution is -2.48. The summed E-state index contributed by atoms with van der Waals surface area (Å²) in [6, 6.07) is 0. The maximum Gasteiger partial charge on any atom is 0.0667 e. The monoisotopic (exact) mass is 240 g/mol. The van der Waals surface area contributed by atoms with Gasteiger partial charge in [0.05, 0.1) is 6.10 Å². The van der Waals surface area contributed by atoms with Gasteiger partial charge < -0.3 is 15.3 Å². The molecule has 2 N–H and O–H groups in total. The summed E-state index contributed by atoms with van der Waals surface area (Å²) in [5, 5.41) is 13.2. The number of likely N-dealkylation sites (tertiary alicyclic amines) is 1. The van der Waals surface area contributed by atoms with E-state index < -0.39 is 0 Å². The van der Waals surface area contributed by atoms with Crippen LogP contribution in [-0.2, 0) is 0 Å². The van der Waals surface area contributed by atoms with Crippen LogP contribution in [0, 0.1) is 5.41 Å². The molecule has 1 unspecified atom stereocenters. The Balaban J connectivity index is 1.91. The largest absolute Gasteiger partial charge is 0.392 e. The molecule has 17 heavy (non-hydrogen) atoms. The Kier molecular flexibility index (Phi) is 4.83. The molecule has 1 aliphatic heterocycles. The van der Waals surface area contributed by atoms with E-state index in [0.29, 0.717) is 5.41 Å². The highest BCUT2D eigenvalue weighted by Crippen LogP contribution is 2.37. The molecule has 1 heterocycles. The number of aliphatic hydroxyl groups excluding tert-OH is 1. The minimum Gasteiger partial charge on any atom is -0.392 e. The molecule has 0 bridgehead atoms. The van der Waals surface area contributed by atoms with Crippen molar-refractivity contribution in [2.45, 2.75) is 51.0 Å².